The Labute approximate surface area is 158 Å². The molecule has 0 radical (unpaired) electrons. The van der Waals surface area contributed by atoms with Crippen molar-refractivity contribution in [1.29, 1.82) is 0 Å². The number of rotatable bonds is 11. The molecule has 6 nitrogen and oxygen atoms in total. The van der Waals surface area contributed by atoms with Crippen molar-refractivity contribution in [2.75, 3.05) is 40.3 Å². The third-order valence-electron chi connectivity index (χ3n) is 4.45. The Morgan fingerprint density at radius 1 is 1.15 bits per heavy atom. The molecule has 1 rings (SSSR count). The van der Waals surface area contributed by atoms with Crippen LogP contribution in [-0.4, -0.2) is 57.2 Å². The number of nitrogens with zero attached hydrogens (tertiary/aromatic N) is 2. The van der Waals surface area contributed by atoms with Gasteiger partial charge in [-0.1, -0.05) is 44.2 Å². The van der Waals surface area contributed by atoms with Crippen molar-refractivity contribution in [1.82, 2.24) is 15.5 Å². The minimum Gasteiger partial charge on any atom is -0.469 e. The van der Waals surface area contributed by atoms with Gasteiger partial charge in [-0.2, -0.15) is 0 Å². The van der Waals surface area contributed by atoms with E-state index in [4.69, 9.17) is 0 Å². The minimum absolute atomic E-state index is 0.155. The van der Waals surface area contributed by atoms with Crippen LogP contribution < -0.4 is 10.6 Å². The molecule has 0 bridgehead atoms. The third-order valence-corrected chi connectivity index (χ3v) is 4.45. The predicted octanol–water partition coefficient (Wildman–Crippen LogP) is 2.58. The molecule has 1 aromatic carbocycles. The number of guanidine groups is 1. The van der Waals surface area contributed by atoms with Crippen LogP contribution in [0, 0.1) is 0 Å². The fourth-order valence-corrected chi connectivity index (χ4v) is 2.91. The van der Waals surface area contributed by atoms with Gasteiger partial charge in [-0.3, -0.25) is 14.7 Å². The van der Waals surface area contributed by atoms with Crippen molar-refractivity contribution in [2.45, 2.75) is 39.2 Å². The molecule has 0 aliphatic heterocycles. The summed E-state index contributed by atoms with van der Waals surface area (Å²) in [5.74, 6) is 0.633. The maximum absolute atomic E-state index is 11.1. The summed E-state index contributed by atoms with van der Waals surface area (Å²) in [6, 6.07) is 10.9. The number of carbonyl (C=O) groups excluding carboxylic acids is 1. The quantitative estimate of drug-likeness (QED) is 0.274. The first-order valence-electron chi connectivity index (χ1n) is 9.46. The number of likely N-dealkylation sites (N-methyl/N-ethyl adjacent to an activating group) is 1. The monoisotopic (exact) mass is 362 g/mol. The first kappa shape index (κ1) is 22.0. The first-order chi connectivity index (χ1) is 12.7. The lowest BCUT2D eigenvalue weighted by atomic mass is 10.1. The van der Waals surface area contributed by atoms with Crippen LogP contribution >= 0.6 is 0 Å². The third kappa shape index (κ3) is 7.87. The molecule has 2 N–H and O–H groups in total. The number of hydrogen-bond acceptors (Lipinski definition) is 4. The molecule has 0 aliphatic carbocycles. The molecule has 0 heterocycles. The topological polar surface area (TPSA) is 66.0 Å². The Balaban J connectivity index is 2.51. The molecular weight excluding hydrogens is 328 g/mol. The maximum atomic E-state index is 11.1. The highest BCUT2D eigenvalue weighted by molar-refractivity contribution is 5.79. The number of aliphatic imine (C=N–C) groups is 1. The van der Waals surface area contributed by atoms with Gasteiger partial charge >= 0.3 is 5.97 Å². The van der Waals surface area contributed by atoms with Crippen molar-refractivity contribution in [3.8, 4) is 0 Å². The molecule has 0 saturated heterocycles. The van der Waals surface area contributed by atoms with Gasteiger partial charge in [0.2, 0.25) is 0 Å². The summed E-state index contributed by atoms with van der Waals surface area (Å²) in [5.41, 5.74) is 1.30. The Morgan fingerprint density at radius 3 is 2.42 bits per heavy atom. The summed E-state index contributed by atoms with van der Waals surface area (Å²) in [4.78, 5) is 17.8. The summed E-state index contributed by atoms with van der Waals surface area (Å²) in [5, 5.41) is 6.74. The Hall–Kier alpha value is -2.08. The number of methoxy groups -OCH3 is 1. The Kier molecular flexibility index (Phi) is 11.1. The molecule has 26 heavy (non-hydrogen) atoms. The van der Waals surface area contributed by atoms with Gasteiger partial charge in [-0.05, 0) is 31.5 Å². The van der Waals surface area contributed by atoms with Crippen molar-refractivity contribution in [3.63, 3.8) is 0 Å². The summed E-state index contributed by atoms with van der Waals surface area (Å²) in [6.07, 6.45) is 2.17. The molecule has 0 fully saturated rings. The number of esters is 1. The summed E-state index contributed by atoms with van der Waals surface area (Å²) < 4.78 is 4.65. The number of hydrogen-bond donors (Lipinski definition) is 2. The number of unbranched alkanes of at least 4 members (excludes halogenated alkanes) is 1. The van der Waals surface area contributed by atoms with Crippen LogP contribution in [0.2, 0.25) is 0 Å². The summed E-state index contributed by atoms with van der Waals surface area (Å²) in [6.45, 7) is 7.93. The molecule has 0 amide bonds. The predicted molar refractivity (Wildman–Crippen MR) is 107 cm³/mol. The zero-order valence-electron chi connectivity index (χ0n) is 16.6. The van der Waals surface area contributed by atoms with Crippen LogP contribution in [0.1, 0.15) is 44.7 Å². The maximum Gasteiger partial charge on any atom is 0.305 e. The van der Waals surface area contributed by atoms with Crippen molar-refractivity contribution < 1.29 is 9.53 Å². The lowest BCUT2D eigenvalue weighted by Crippen LogP contribution is -2.43. The highest BCUT2D eigenvalue weighted by Gasteiger charge is 2.18. The van der Waals surface area contributed by atoms with Gasteiger partial charge in [0.1, 0.15) is 0 Å². The second kappa shape index (κ2) is 13.2. The van der Waals surface area contributed by atoms with Crippen LogP contribution in [0.4, 0.5) is 0 Å². The summed E-state index contributed by atoms with van der Waals surface area (Å²) in [7, 11) is 3.20. The first-order valence-corrected chi connectivity index (χ1v) is 9.46. The smallest absolute Gasteiger partial charge is 0.305 e. The van der Waals surface area contributed by atoms with Gasteiger partial charge in [-0.15, -0.1) is 0 Å². The van der Waals surface area contributed by atoms with Crippen molar-refractivity contribution in [3.05, 3.63) is 35.9 Å². The number of nitrogens with one attached hydrogen (secondary N) is 2. The van der Waals surface area contributed by atoms with E-state index in [1.165, 1.54) is 12.7 Å². The second-order valence-corrected chi connectivity index (χ2v) is 6.06. The molecule has 1 aromatic rings. The molecule has 6 heteroatoms. The van der Waals surface area contributed by atoms with Gasteiger partial charge < -0.3 is 15.4 Å². The van der Waals surface area contributed by atoms with Crippen molar-refractivity contribution >= 4 is 11.9 Å². The van der Waals surface area contributed by atoms with Crippen LogP contribution in [0.25, 0.3) is 0 Å². The van der Waals surface area contributed by atoms with E-state index >= 15 is 0 Å². The highest BCUT2D eigenvalue weighted by atomic mass is 16.5. The fourth-order valence-electron chi connectivity index (χ4n) is 2.91. The van der Waals surface area contributed by atoms with Gasteiger partial charge in [-0.25, -0.2) is 0 Å². The highest BCUT2D eigenvalue weighted by Crippen LogP contribution is 2.19. The molecule has 0 saturated carbocycles. The largest absolute Gasteiger partial charge is 0.469 e. The lowest BCUT2D eigenvalue weighted by molar-refractivity contribution is -0.140. The van der Waals surface area contributed by atoms with E-state index in [0.29, 0.717) is 12.5 Å². The van der Waals surface area contributed by atoms with Gasteiger partial charge in [0.15, 0.2) is 5.96 Å². The van der Waals surface area contributed by atoms with Crippen LogP contribution in [0.3, 0.4) is 0 Å². The molecule has 1 atom stereocenters. The zero-order valence-corrected chi connectivity index (χ0v) is 16.6. The van der Waals surface area contributed by atoms with Crippen LogP contribution in [0.15, 0.2) is 35.3 Å². The van der Waals surface area contributed by atoms with E-state index in [1.807, 2.05) is 6.07 Å². The Morgan fingerprint density at radius 2 is 1.85 bits per heavy atom. The minimum atomic E-state index is -0.155. The van der Waals surface area contributed by atoms with E-state index in [-0.39, 0.29) is 5.97 Å². The van der Waals surface area contributed by atoms with Gasteiger partial charge in [0, 0.05) is 26.6 Å². The standard InChI is InChI=1S/C20H34N4O2/c1-5-24(6-2)18(17-12-8-7-9-13-17)16-23-20(21-3)22-15-11-10-14-19(25)26-4/h7-9,12-13,18H,5-6,10-11,14-16H2,1-4H3,(H2,21,22,23). The van der Waals surface area contributed by atoms with Crippen LogP contribution in [-0.2, 0) is 9.53 Å². The zero-order chi connectivity index (χ0) is 19.2. The molecule has 0 spiro atoms. The number of benzene rings is 1. The van der Waals surface area contributed by atoms with E-state index in [9.17, 15) is 4.79 Å². The molecule has 0 aliphatic rings. The van der Waals surface area contributed by atoms with E-state index in [2.05, 4.69) is 63.4 Å². The molecular formula is C20H34N4O2. The second-order valence-electron chi connectivity index (χ2n) is 6.06. The molecule has 146 valence electrons. The molecule has 1 unspecified atom stereocenters. The van der Waals surface area contributed by atoms with E-state index < -0.39 is 0 Å². The average molecular weight is 363 g/mol. The number of ether oxygens (including phenoxy) is 1. The normalized spacial score (nSPS) is 12.7. The lowest BCUT2D eigenvalue weighted by Gasteiger charge is -2.30. The Bertz CT molecular complexity index is 530. The number of carbonyl (C=O) groups is 1. The summed E-state index contributed by atoms with van der Waals surface area (Å²) >= 11 is 0. The van der Waals surface area contributed by atoms with Gasteiger partial charge in [0.25, 0.3) is 0 Å². The SMILES string of the molecule is CCN(CC)C(CNC(=NC)NCCCCC(=O)OC)c1ccccc1. The van der Waals surface area contributed by atoms with E-state index in [0.717, 1.165) is 45.0 Å². The molecule has 0 aromatic heterocycles. The van der Waals surface area contributed by atoms with Gasteiger partial charge in [0.05, 0.1) is 13.2 Å². The van der Waals surface area contributed by atoms with Crippen molar-refractivity contribution in [2.24, 2.45) is 4.99 Å². The van der Waals surface area contributed by atoms with E-state index in [1.54, 1.807) is 7.05 Å². The van der Waals surface area contributed by atoms with Crippen LogP contribution in [0.5, 0.6) is 0 Å². The fraction of sp³-hybridized carbons (Fsp3) is 0.600. The average Bonchev–Trinajstić information content (AvgIpc) is 2.69.